The van der Waals surface area contributed by atoms with Crippen LogP contribution < -0.4 is 20.3 Å². The molecule has 2 aromatic heterocycles. The molecule has 0 radical (unpaired) electrons. The van der Waals surface area contributed by atoms with Crippen LogP contribution in [0, 0.1) is 11.8 Å². The Hall–Kier alpha value is -6.04. The summed E-state index contributed by atoms with van der Waals surface area (Å²) < 4.78 is 56.3. The molecule has 64 heavy (non-hydrogen) atoms. The molecule has 0 bridgehead atoms. The minimum Gasteiger partial charge on any atom is -0.453 e. The number of halogens is 4. The van der Waals surface area contributed by atoms with Gasteiger partial charge in [0.25, 0.3) is 5.91 Å². The van der Waals surface area contributed by atoms with Crippen molar-refractivity contribution in [2.24, 2.45) is 11.8 Å². The molecule has 0 spiro atoms. The van der Waals surface area contributed by atoms with Gasteiger partial charge in [0, 0.05) is 55.6 Å². The number of aromatic amines is 1. The number of methoxy groups -OCH3 is 1. The van der Waals surface area contributed by atoms with Crippen LogP contribution in [0.4, 0.5) is 34.3 Å². The Morgan fingerprint density at radius 1 is 0.938 bits per heavy atom. The number of likely N-dealkylation sites (tertiary alicyclic amines) is 1. The van der Waals surface area contributed by atoms with Gasteiger partial charge in [-0.05, 0) is 81.7 Å². The number of nitrogens with one attached hydrogen (secondary N) is 3. The lowest BCUT2D eigenvalue weighted by Gasteiger charge is -2.40. The molecule has 2 aliphatic rings. The molecule has 0 unspecified atom stereocenters. The predicted molar refractivity (Wildman–Crippen MR) is 235 cm³/mol. The number of hydrogen-bond donors (Lipinski definition) is 3. The number of anilines is 2. The highest BCUT2D eigenvalue weighted by Crippen LogP contribution is 2.41. The number of piperidine rings is 1. The zero-order valence-electron chi connectivity index (χ0n) is 37.0. The highest BCUT2D eigenvalue weighted by atomic mass is 35.5. The maximum Gasteiger partial charge on any atom is 0.573 e. The van der Waals surface area contributed by atoms with E-state index in [0.717, 1.165) is 12.5 Å². The van der Waals surface area contributed by atoms with Crippen LogP contribution in [0.2, 0.25) is 5.02 Å². The minimum absolute atomic E-state index is 0.0219. The normalized spacial score (nSPS) is 18.6. The van der Waals surface area contributed by atoms with E-state index in [1.165, 1.54) is 25.4 Å². The Kier molecular flexibility index (Phi) is 14.4. The number of nitrogens with zero attached hydrogens (tertiary/aromatic N) is 5. The van der Waals surface area contributed by atoms with Crippen LogP contribution in [0.15, 0.2) is 60.9 Å². The number of pyridine rings is 1. The van der Waals surface area contributed by atoms with Crippen LogP contribution >= 0.6 is 11.6 Å². The fraction of sp³-hybridized carbons (Fsp3) is 0.467. The van der Waals surface area contributed by atoms with Crippen LogP contribution in [0.5, 0.6) is 5.75 Å². The quantitative estimate of drug-likeness (QED) is 0.139. The number of aromatic nitrogens is 3. The van der Waals surface area contributed by atoms with Gasteiger partial charge in [0.15, 0.2) is 0 Å². The number of alkyl halides is 3. The number of ether oxygens (including phenoxy) is 3. The van der Waals surface area contributed by atoms with Gasteiger partial charge in [-0.25, -0.2) is 19.6 Å². The fourth-order valence-electron chi connectivity index (χ4n) is 7.83. The number of H-pyrrole nitrogens is 1. The van der Waals surface area contributed by atoms with Crippen molar-refractivity contribution in [2.45, 2.75) is 91.4 Å². The number of rotatable bonds is 10. The molecule has 4 amide bonds. The van der Waals surface area contributed by atoms with E-state index in [0.29, 0.717) is 61.1 Å². The highest BCUT2D eigenvalue weighted by Gasteiger charge is 2.38. The second kappa shape index (κ2) is 19.4. The number of alkyl carbamates (subject to hydrolysis) is 1. The van der Waals surface area contributed by atoms with Crippen molar-refractivity contribution in [3.63, 3.8) is 0 Å². The second-order valence-corrected chi connectivity index (χ2v) is 17.9. The third-order valence-corrected chi connectivity index (χ3v) is 11.3. The van der Waals surface area contributed by atoms with E-state index in [2.05, 4.69) is 37.2 Å². The standard InChI is InChI=1S/C45H54ClF3N8O7/c1-25(2)38(54-42(60)62-8)41(59)57-23-26(3)9-14-35(57)39-51-22-34(52-39)29-12-10-28(11-13-29)31-20-32(46)33(21-36(31)63-45(47,48)49)53-40(58)30-15-16-50-37(19-30)56-18-17-55(24-27(56)4)43(61)64-44(5,6)7/h10-13,15-16,19-22,25-27,35,38H,9,14,17-18,23-24H2,1-8H3,(H,51,52)(H,53,58)(H,54,60)/t26-,27+,35-,38-/m0/s1. The SMILES string of the molecule is COC(=O)N[C@H](C(=O)N1C[C@@H](C)CC[C@H]1c1ncc(-c2ccc(-c3cc(Cl)c(NC(=O)c4ccnc(N5CCN(C(=O)OC(C)(C)C)C[C@H]5C)c4)cc3OC(F)(F)F)cc2)[nH]1)C(C)C. The Balaban J connectivity index is 1.19. The molecule has 6 rings (SSSR count). The average Bonchev–Trinajstić information content (AvgIpc) is 3.72. The Labute approximate surface area is 375 Å². The molecule has 4 aromatic rings. The van der Waals surface area contributed by atoms with Crippen LogP contribution in [0.3, 0.4) is 0 Å². The summed E-state index contributed by atoms with van der Waals surface area (Å²) in [6.07, 6.45) is -1.62. The van der Waals surface area contributed by atoms with Crippen molar-refractivity contribution in [1.29, 1.82) is 0 Å². The smallest absolute Gasteiger partial charge is 0.453 e. The van der Waals surface area contributed by atoms with Crippen molar-refractivity contribution in [3.05, 3.63) is 77.3 Å². The molecule has 2 fully saturated rings. The maximum absolute atomic E-state index is 13.9. The highest BCUT2D eigenvalue weighted by molar-refractivity contribution is 6.34. The topological polar surface area (TPSA) is 171 Å². The third-order valence-electron chi connectivity index (χ3n) is 11.0. The van der Waals surface area contributed by atoms with Crippen molar-refractivity contribution in [2.75, 3.05) is 43.5 Å². The lowest BCUT2D eigenvalue weighted by molar-refractivity contribution is -0.274. The first kappa shape index (κ1) is 47.4. The summed E-state index contributed by atoms with van der Waals surface area (Å²) in [6.45, 7) is 14.7. The molecule has 4 atom stereocenters. The van der Waals surface area contributed by atoms with E-state index in [4.69, 9.17) is 21.1 Å². The molecule has 0 aliphatic carbocycles. The van der Waals surface area contributed by atoms with E-state index in [1.54, 1.807) is 67.1 Å². The van der Waals surface area contributed by atoms with Gasteiger partial charge in [-0.1, -0.05) is 56.6 Å². The molecule has 0 saturated carbocycles. The van der Waals surface area contributed by atoms with E-state index >= 15 is 0 Å². The zero-order chi connectivity index (χ0) is 46.7. The lowest BCUT2D eigenvalue weighted by atomic mass is 9.91. The molecule has 3 N–H and O–H groups in total. The summed E-state index contributed by atoms with van der Waals surface area (Å²) >= 11 is 6.64. The second-order valence-electron chi connectivity index (χ2n) is 17.5. The van der Waals surface area contributed by atoms with Crippen LogP contribution in [0.25, 0.3) is 22.4 Å². The van der Waals surface area contributed by atoms with Gasteiger partial charge in [-0.15, -0.1) is 13.2 Å². The summed E-state index contributed by atoms with van der Waals surface area (Å²) in [5.41, 5.74) is 1.07. The van der Waals surface area contributed by atoms with Crippen molar-refractivity contribution in [1.82, 2.24) is 30.1 Å². The number of carbonyl (C=O) groups is 4. The largest absolute Gasteiger partial charge is 0.573 e. The first-order chi connectivity index (χ1) is 30.1. The van der Waals surface area contributed by atoms with Gasteiger partial charge in [-0.3, -0.25) is 9.59 Å². The van der Waals surface area contributed by atoms with Crippen molar-refractivity contribution in [3.8, 4) is 28.1 Å². The summed E-state index contributed by atoms with van der Waals surface area (Å²) in [5.74, 6) is -0.427. The number of benzene rings is 2. The molecule has 4 heterocycles. The number of imidazole rings is 1. The van der Waals surface area contributed by atoms with Gasteiger partial charge in [0.2, 0.25) is 5.91 Å². The van der Waals surface area contributed by atoms with Gasteiger partial charge in [-0.2, -0.15) is 0 Å². The van der Waals surface area contributed by atoms with Crippen LogP contribution in [-0.2, 0) is 14.3 Å². The molecule has 2 aliphatic heterocycles. The van der Waals surface area contributed by atoms with E-state index in [1.807, 2.05) is 25.7 Å². The summed E-state index contributed by atoms with van der Waals surface area (Å²) in [5, 5.41) is 5.24. The van der Waals surface area contributed by atoms with Gasteiger partial charge >= 0.3 is 18.5 Å². The minimum atomic E-state index is -5.07. The monoisotopic (exact) mass is 910 g/mol. The molecule has 2 saturated heterocycles. The zero-order valence-corrected chi connectivity index (χ0v) is 37.8. The molecule has 344 valence electrons. The fourth-order valence-corrected chi connectivity index (χ4v) is 8.04. The summed E-state index contributed by atoms with van der Waals surface area (Å²) in [7, 11) is 1.24. The van der Waals surface area contributed by atoms with E-state index in [-0.39, 0.29) is 45.6 Å². The Bertz CT molecular complexity index is 2340. The summed E-state index contributed by atoms with van der Waals surface area (Å²) in [4.78, 5) is 69.9. The van der Waals surface area contributed by atoms with Gasteiger partial charge in [0.05, 0.1) is 35.8 Å². The van der Waals surface area contributed by atoms with Crippen molar-refractivity contribution < 1.29 is 46.6 Å². The Morgan fingerprint density at radius 3 is 2.28 bits per heavy atom. The van der Waals surface area contributed by atoms with Crippen LogP contribution in [-0.4, -0.2) is 106 Å². The molecule has 19 heteroatoms. The van der Waals surface area contributed by atoms with E-state index < -0.39 is 47.9 Å². The molecule has 2 aromatic carbocycles. The number of carbonyl (C=O) groups excluding carboxylic acids is 4. The number of hydrogen-bond acceptors (Lipinski definition) is 10. The van der Waals surface area contributed by atoms with Gasteiger partial charge < -0.3 is 44.5 Å². The van der Waals surface area contributed by atoms with E-state index in [9.17, 15) is 32.3 Å². The van der Waals surface area contributed by atoms with Crippen LogP contribution in [0.1, 0.15) is 83.5 Å². The van der Waals surface area contributed by atoms with Crippen molar-refractivity contribution >= 4 is 47.1 Å². The number of piperazine rings is 1. The Morgan fingerprint density at radius 2 is 1.64 bits per heavy atom. The van der Waals surface area contributed by atoms with Gasteiger partial charge in [0.1, 0.15) is 29.0 Å². The molecule has 15 nitrogen and oxygen atoms in total. The molecular formula is C45H54ClF3N8O7. The average molecular weight is 911 g/mol. The molecular weight excluding hydrogens is 857 g/mol. The lowest BCUT2D eigenvalue weighted by Crippen LogP contribution is -2.54. The number of amides is 4. The maximum atomic E-state index is 13.9. The first-order valence-corrected chi connectivity index (χ1v) is 21.4. The predicted octanol–water partition coefficient (Wildman–Crippen LogP) is 9.07. The third kappa shape index (κ3) is 11.6. The first-order valence-electron chi connectivity index (χ1n) is 21.0. The summed E-state index contributed by atoms with van der Waals surface area (Å²) in [6, 6.07) is 10.6.